The molecule has 1 aromatic heterocycles. The van der Waals surface area contributed by atoms with Gasteiger partial charge in [-0.25, -0.2) is 0 Å². The Bertz CT molecular complexity index is 171. The van der Waals surface area contributed by atoms with Crippen molar-refractivity contribution in [3.63, 3.8) is 0 Å². The third-order valence-corrected chi connectivity index (χ3v) is 1.11. The highest BCUT2D eigenvalue weighted by Gasteiger charge is 1.92. The fourth-order valence-corrected chi connectivity index (χ4v) is 0.723. The zero-order valence-corrected chi connectivity index (χ0v) is 5.67. The highest BCUT2D eigenvalue weighted by atomic mass is 79.9. The summed E-state index contributed by atoms with van der Waals surface area (Å²) in [5.41, 5.74) is 0. The predicted molar refractivity (Wildman–Crippen MR) is 32.3 cm³/mol. The minimum Gasteiger partial charge on any atom is -0.181 e. The van der Waals surface area contributed by atoms with E-state index in [1.807, 2.05) is 6.07 Å². The minimum atomic E-state index is 0.738. The number of nitrogens with two attached hydrogens (primary N) is 1. The monoisotopic (exact) mass is 174 g/mol. The third-order valence-electron chi connectivity index (χ3n) is 0.684. The maximum absolute atomic E-state index is 5.23. The molecule has 0 atom stereocenters. The Kier molecular flexibility index (Phi) is 1.43. The Morgan fingerprint density at radius 2 is 2.50 bits per heavy atom. The second kappa shape index (κ2) is 2.09. The van der Waals surface area contributed by atoms with Crippen LogP contribution in [0.2, 0.25) is 0 Å². The van der Waals surface area contributed by atoms with Crippen LogP contribution in [0.1, 0.15) is 0 Å². The summed E-state index contributed by atoms with van der Waals surface area (Å²) in [7, 11) is 0. The van der Waals surface area contributed by atoms with Gasteiger partial charge in [-0.1, -0.05) is 0 Å². The molecule has 0 aliphatic heterocycles. The van der Waals surface area contributed by atoms with Crippen molar-refractivity contribution in [2.24, 2.45) is 0 Å². The van der Waals surface area contributed by atoms with E-state index in [0.717, 1.165) is 4.60 Å². The molecule has 1 aromatic rings. The largest absolute Gasteiger partial charge is 0.230 e. The van der Waals surface area contributed by atoms with Gasteiger partial charge in [0.2, 0.25) is 6.20 Å². The van der Waals surface area contributed by atoms with Crippen molar-refractivity contribution in [1.82, 2.24) is 5.10 Å². The lowest BCUT2D eigenvalue weighted by atomic mass is 10.6. The molecule has 0 unspecified atom stereocenters. The number of nitrogen functional groups attached to an aromatic ring is 1. The lowest BCUT2D eigenvalue weighted by molar-refractivity contribution is -0.701. The molecule has 0 bridgehead atoms. The topological polar surface area (TPSA) is 42.8 Å². The van der Waals surface area contributed by atoms with E-state index in [9.17, 15) is 0 Å². The SMILES string of the molecule is N[n+]1cccc(Br)n1. The van der Waals surface area contributed by atoms with E-state index < -0.39 is 0 Å². The summed E-state index contributed by atoms with van der Waals surface area (Å²) < 4.78 is 0.738. The van der Waals surface area contributed by atoms with Crippen molar-refractivity contribution in [3.8, 4) is 0 Å². The van der Waals surface area contributed by atoms with Crippen molar-refractivity contribution >= 4 is 15.9 Å². The van der Waals surface area contributed by atoms with E-state index in [0.29, 0.717) is 0 Å². The maximum atomic E-state index is 5.23. The minimum absolute atomic E-state index is 0.738. The molecule has 3 nitrogen and oxygen atoms in total. The molecule has 0 aliphatic rings. The van der Waals surface area contributed by atoms with Crippen LogP contribution in [0.15, 0.2) is 22.9 Å². The van der Waals surface area contributed by atoms with Gasteiger partial charge < -0.3 is 0 Å². The van der Waals surface area contributed by atoms with Gasteiger partial charge in [-0.05, 0) is 22.0 Å². The zero-order chi connectivity index (χ0) is 5.98. The van der Waals surface area contributed by atoms with Crippen molar-refractivity contribution in [2.75, 3.05) is 5.84 Å². The number of aromatic nitrogens is 2. The highest BCUT2D eigenvalue weighted by Crippen LogP contribution is 1.97. The number of rotatable bonds is 0. The van der Waals surface area contributed by atoms with Crippen LogP contribution in [0.5, 0.6) is 0 Å². The summed E-state index contributed by atoms with van der Waals surface area (Å²) in [6, 6.07) is 3.61. The molecule has 0 fully saturated rings. The van der Waals surface area contributed by atoms with Crippen LogP contribution in [0.3, 0.4) is 0 Å². The van der Waals surface area contributed by atoms with Gasteiger partial charge in [-0.3, -0.25) is 0 Å². The molecule has 0 amide bonds. The first-order valence-corrected chi connectivity index (χ1v) is 2.88. The Morgan fingerprint density at radius 3 is 2.88 bits per heavy atom. The molecule has 0 saturated carbocycles. The van der Waals surface area contributed by atoms with Crippen LogP contribution in [0.25, 0.3) is 0 Å². The van der Waals surface area contributed by atoms with E-state index in [4.69, 9.17) is 5.84 Å². The molecular formula is C4H5BrN3+. The highest BCUT2D eigenvalue weighted by molar-refractivity contribution is 9.10. The molecule has 4 heteroatoms. The lowest BCUT2D eigenvalue weighted by Crippen LogP contribution is -2.47. The van der Waals surface area contributed by atoms with E-state index in [1.54, 1.807) is 12.3 Å². The third kappa shape index (κ3) is 1.16. The first-order valence-electron chi connectivity index (χ1n) is 2.08. The predicted octanol–water partition coefficient (Wildman–Crippen LogP) is -0.155. The van der Waals surface area contributed by atoms with Gasteiger partial charge in [0.25, 0.3) is 0 Å². The maximum Gasteiger partial charge on any atom is 0.230 e. The first kappa shape index (κ1) is 5.50. The smallest absolute Gasteiger partial charge is 0.181 e. The molecule has 0 spiro atoms. The van der Waals surface area contributed by atoms with Gasteiger partial charge in [-0.2, -0.15) is 5.84 Å². The Balaban J connectivity index is 3.08. The Labute approximate surface area is 55.2 Å². The quantitative estimate of drug-likeness (QED) is 0.440. The Morgan fingerprint density at radius 1 is 1.75 bits per heavy atom. The lowest BCUT2D eigenvalue weighted by Gasteiger charge is -1.80. The fraction of sp³-hybridized carbons (Fsp3) is 0. The second-order valence-corrected chi connectivity index (χ2v) is 2.12. The number of nitrogens with zero attached hydrogens (tertiary/aromatic N) is 2. The molecular weight excluding hydrogens is 170 g/mol. The van der Waals surface area contributed by atoms with E-state index in [-0.39, 0.29) is 0 Å². The molecule has 2 N–H and O–H groups in total. The standard InChI is InChI=1S/C4H5BrN3/c5-4-2-1-3-8(6)7-4/h1-3H,(H2,6,7)/q+1. The van der Waals surface area contributed by atoms with Crippen molar-refractivity contribution in [3.05, 3.63) is 22.9 Å². The molecule has 1 rings (SSSR count). The molecule has 0 aromatic carbocycles. The summed E-state index contributed by atoms with van der Waals surface area (Å²) in [5.74, 6) is 5.23. The van der Waals surface area contributed by atoms with Gasteiger partial charge in [0.1, 0.15) is 0 Å². The van der Waals surface area contributed by atoms with Crippen molar-refractivity contribution < 1.29 is 4.79 Å². The number of hydrogen-bond acceptors (Lipinski definition) is 2. The average molecular weight is 175 g/mol. The fourth-order valence-electron chi connectivity index (χ4n) is 0.388. The van der Waals surface area contributed by atoms with Gasteiger partial charge in [0.05, 0.1) is 0 Å². The molecule has 8 heavy (non-hydrogen) atoms. The zero-order valence-electron chi connectivity index (χ0n) is 4.08. The van der Waals surface area contributed by atoms with Gasteiger partial charge in [-0.15, -0.1) is 0 Å². The summed E-state index contributed by atoms with van der Waals surface area (Å²) in [6.45, 7) is 0. The number of halogens is 1. The van der Waals surface area contributed by atoms with Gasteiger partial charge >= 0.3 is 0 Å². The van der Waals surface area contributed by atoms with E-state index >= 15 is 0 Å². The Hall–Kier alpha value is -0.640. The first-order chi connectivity index (χ1) is 3.79. The summed E-state index contributed by atoms with van der Waals surface area (Å²) in [5, 5.41) is 3.78. The number of hydrogen-bond donors (Lipinski definition) is 1. The van der Waals surface area contributed by atoms with Crippen LogP contribution < -0.4 is 10.6 Å². The van der Waals surface area contributed by atoms with Crippen LogP contribution in [-0.2, 0) is 0 Å². The van der Waals surface area contributed by atoms with Crippen molar-refractivity contribution in [1.29, 1.82) is 0 Å². The summed E-state index contributed by atoms with van der Waals surface area (Å²) in [4.78, 5) is 1.24. The molecule has 42 valence electrons. The van der Waals surface area contributed by atoms with Crippen LogP contribution in [0, 0.1) is 0 Å². The van der Waals surface area contributed by atoms with Crippen LogP contribution >= 0.6 is 15.9 Å². The normalized spacial score (nSPS) is 9.12. The summed E-state index contributed by atoms with van der Waals surface area (Å²) >= 11 is 3.15. The van der Waals surface area contributed by atoms with Gasteiger partial charge in [0.15, 0.2) is 4.60 Å². The van der Waals surface area contributed by atoms with Gasteiger partial charge in [0, 0.05) is 16.0 Å². The second-order valence-electron chi connectivity index (χ2n) is 1.31. The molecule has 0 saturated heterocycles. The van der Waals surface area contributed by atoms with E-state index in [1.165, 1.54) is 4.79 Å². The summed E-state index contributed by atoms with van der Waals surface area (Å²) in [6.07, 6.45) is 1.66. The average Bonchev–Trinajstić information content (AvgIpc) is 1.64. The van der Waals surface area contributed by atoms with Crippen molar-refractivity contribution in [2.45, 2.75) is 0 Å². The molecule has 0 aliphatic carbocycles. The van der Waals surface area contributed by atoms with E-state index in [2.05, 4.69) is 21.0 Å². The van der Waals surface area contributed by atoms with Crippen LogP contribution in [-0.4, -0.2) is 5.10 Å². The van der Waals surface area contributed by atoms with Crippen LogP contribution in [0.4, 0.5) is 0 Å². The molecule has 0 radical (unpaired) electrons. The molecule has 1 heterocycles.